The van der Waals surface area contributed by atoms with Crippen molar-refractivity contribution >= 4 is 28.1 Å². The van der Waals surface area contributed by atoms with Crippen LogP contribution in [0.3, 0.4) is 0 Å². The number of aromatic nitrogens is 1. The molecule has 4 nitrogen and oxygen atoms in total. The third-order valence-corrected chi connectivity index (χ3v) is 5.41. The van der Waals surface area contributed by atoms with Crippen LogP contribution in [0.1, 0.15) is 34.8 Å². The Kier molecular flexibility index (Phi) is 4.04. The lowest BCUT2D eigenvalue weighted by atomic mass is 9.97. The first-order valence-electron chi connectivity index (χ1n) is 8.01. The molecule has 1 aromatic heterocycles. The second-order valence-corrected chi connectivity index (χ2v) is 6.90. The van der Waals surface area contributed by atoms with E-state index in [0.29, 0.717) is 11.5 Å². The molecule has 2 heterocycles. The average Bonchev–Trinajstić information content (AvgIpc) is 3.11. The molecule has 1 aliphatic rings. The number of rotatable bonds is 3. The van der Waals surface area contributed by atoms with Crippen LogP contribution in [0, 0.1) is 0 Å². The van der Waals surface area contributed by atoms with E-state index in [4.69, 9.17) is 14.8 Å². The second kappa shape index (κ2) is 6.34. The summed E-state index contributed by atoms with van der Waals surface area (Å²) >= 11 is 1.65. The van der Waals surface area contributed by atoms with E-state index in [1.807, 2.05) is 18.2 Å². The van der Waals surface area contributed by atoms with Gasteiger partial charge in [0.2, 0.25) is 0 Å². The van der Waals surface area contributed by atoms with Crippen LogP contribution in [-0.2, 0) is 4.74 Å². The molecule has 0 unspecified atom stereocenters. The number of benzene rings is 2. The summed E-state index contributed by atoms with van der Waals surface area (Å²) in [7, 11) is 0. The van der Waals surface area contributed by atoms with Crippen molar-refractivity contribution in [1.82, 2.24) is 4.98 Å². The van der Waals surface area contributed by atoms with Crippen molar-refractivity contribution in [1.29, 1.82) is 0 Å². The van der Waals surface area contributed by atoms with Crippen molar-refractivity contribution in [2.75, 3.05) is 13.2 Å². The number of hydrogen-bond acceptors (Lipinski definition) is 4. The predicted molar refractivity (Wildman–Crippen MR) is 94.8 cm³/mol. The molecule has 2 aromatic carbocycles. The maximum absolute atomic E-state index is 11.2. The van der Waals surface area contributed by atoms with Crippen LogP contribution in [0.5, 0.6) is 0 Å². The Morgan fingerprint density at radius 2 is 1.92 bits per heavy atom. The van der Waals surface area contributed by atoms with Crippen molar-refractivity contribution < 1.29 is 14.6 Å². The summed E-state index contributed by atoms with van der Waals surface area (Å²) in [6.07, 6.45) is 2.06. The Morgan fingerprint density at radius 1 is 1.12 bits per heavy atom. The smallest absolute Gasteiger partial charge is 0.335 e. The van der Waals surface area contributed by atoms with Gasteiger partial charge in [-0.3, -0.25) is 0 Å². The van der Waals surface area contributed by atoms with Gasteiger partial charge in [0.15, 0.2) is 0 Å². The molecule has 0 spiro atoms. The lowest BCUT2D eigenvalue weighted by Crippen LogP contribution is -2.14. The summed E-state index contributed by atoms with van der Waals surface area (Å²) in [5, 5.41) is 14.2. The highest BCUT2D eigenvalue weighted by Gasteiger charge is 2.19. The summed E-state index contributed by atoms with van der Waals surface area (Å²) in [5.74, 6) is -0.416. The van der Waals surface area contributed by atoms with E-state index < -0.39 is 5.97 Å². The number of thiazole rings is 1. The van der Waals surface area contributed by atoms with E-state index in [2.05, 4.69) is 11.4 Å². The Balaban J connectivity index is 1.68. The van der Waals surface area contributed by atoms with Crippen LogP contribution in [0.15, 0.2) is 41.8 Å². The summed E-state index contributed by atoms with van der Waals surface area (Å²) in [6, 6.07) is 11.3. The van der Waals surface area contributed by atoms with E-state index in [9.17, 15) is 4.79 Å². The topological polar surface area (TPSA) is 59.4 Å². The zero-order chi connectivity index (χ0) is 16.5. The van der Waals surface area contributed by atoms with E-state index >= 15 is 0 Å². The predicted octanol–water partition coefficient (Wildman–Crippen LogP) is 4.56. The fraction of sp³-hybridized carbons (Fsp3) is 0.263. The first kappa shape index (κ1) is 15.3. The Hall–Kier alpha value is -2.24. The SMILES string of the molecule is O=C(O)c1ccc2ccc(-c3nc(C4CCOCC4)cs3)cc2c1. The number of carboxylic acids is 1. The maximum Gasteiger partial charge on any atom is 0.335 e. The van der Waals surface area contributed by atoms with Crippen LogP contribution in [-0.4, -0.2) is 29.3 Å². The van der Waals surface area contributed by atoms with Gasteiger partial charge in [0.1, 0.15) is 5.01 Å². The number of carbonyl (C=O) groups is 1. The van der Waals surface area contributed by atoms with Crippen molar-refractivity contribution in [2.45, 2.75) is 18.8 Å². The number of nitrogens with zero attached hydrogens (tertiary/aromatic N) is 1. The molecule has 122 valence electrons. The van der Waals surface area contributed by atoms with Crippen LogP contribution in [0.25, 0.3) is 21.3 Å². The van der Waals surface area contributed by atoms with Gasteiger partial charge in [0.25, 0.3) is 0 Å². The second-order valence-electron chi connectivity index (χ2n) is 6.05. The molecule has 5 heteroatoms. The number of carboxylic acid groups (broad SMARTS) is 1. The number of ether oxygens (including phenoxy) is 1. The molecule has 1 saturated heterocycles. The molecule has 1 aliphatic heterocycles. The molecule has 0 atom stereocenters. The molecule has 0 amide bonds. The molecule has 1 N–H and O–H groups in total. The standard InChI is InChI=1S/C19H17NO3S/c21-19(22)15-4-2-12-1-3-14(9-16(12)10-15)18-20-17(11-24-18)13-5-7-23-8-6-13/h1-4,9-11,13H,5-8H2,(H,21,22). The van der Waals surface area contributed by atoms with Gasteiger partial charge in [-0.2, -0.15) is 0 Å². The minimum Gasteiger partial charge on any atom is -0.478 e. The van der Waals surface area contributed by atoms with E-state index in [0.717, 1.165) is 53.1 Å². The average molecular weight is 339 g/mol. The maximum atomic E-state index is 11.2. The molecule has 0 aliphatic carbocycles. The van der Waals surface area contributed by atoms with Crippen LogP contribution in [0.4, 0.5) is 0 Å². The van der Waals surface area contributed by atoms with Crippen LogP contribution < -0.4 is 0 Å². The van der Waals surface area contributed by atoms with Crippen molar-refractivity contribution in [3.05, 3.63) is 53.0 Å². The first-order valence-corrected chi connectivity index (χ1v) is 8.89. The Morgan fingerprint density at radius 3 is 2.71 bits per heavy atom. The zero-order valence-corrected chi connectivity index (χ0v) is 13.9. The zero-order valence-electron chi connectivity index (χ0n) is 13.1. The van der Waals surface area contributed by atoms with Crippen molar-refractivity contribution in [3.8, 4) is 10.6 Å². The van der Waals surface area contributed by atoms with Gasteiger partial charge in [0.05, 0.1) is 11.3 Å². The van der Waals surface area contributed by atoms with Gasteiger partial charge in [0, 0.05) is 30.1 Å². The summed E-state index contributed by atoms with van der Waals surface area (Å²) in [6.45, 7) is 1.62. The van der Waals surface area contributed by atoms with Crippen LogP contribution in [0.2, 0.25) is 0 Å². The fourth-order valence-corrected chi connectivity index (χ4v) is 4.01. The number of aromatic carboxylic acids is 1. The molecule has 0 bridgehead atoms. The molecule has 4 rings (SSSR count). The minimum atomic E-state index is -0.904. The molecular formula is C19H17NO3S. The molecular weight excluding hydrogens is 322 g/mol. The largest absolute Gasteiger partial charge is 0.478 e. The van der Waals surface area contributed by atoms with Gasteiger partial charge in [-0.1, -0.05) is 18.2 Å². The monoisotopic (exact) mass is 339 g/mol. The van der Waals surface area contributed by atoms with Gasteiger partial charge >= 0.3 is 5.97 Å². The normalized spacial score (nSPS) is 15.7. The molecule has 3 aromatic rings. The minimum absolute atomic E-state index is 0.307. The molecule has 0 saturated carbocycles. The van der Waals surface area contributed by atoms with Gasteiger partial charge in [-0.05, 0) is 41.8 Å². The third-order valence-electron chi connectivity index (χ3n) is 4.50. The Bertz CT molecular complexity index is 897. The van der Waals surface area contributed by atoms with Gasteiger partial charge < -0.3 is 9.84 Å². The molecule has 24 heavy (non-hydrogen) atoms. The summed E-state index contributed by atoms with van der Waals surface area (Å²) < 4.78 is 5.42. The highest BCUT2D eigenvalue weighted by molar-refractivity contribution is 7.13. The van der Waals surface area contributed by atoms with E-state index in [-0.39, 0.29) is 0 Å². The molecule has 1 fully saturated rings. The summed E-state index contributed by atoms with van der Waals surface area (Å²) in [5.41, 5.74) is 2.49. The fourth-order valence-electron chi connectivity index (χ4n) is 3.11. The van der Waals surface area contributed by atoms with E-state index in [1.165, 1.54) is 0 Å². The van der Waals surface area contributed by atoms with Crippen LogP contribution >= 0.6 is 11.3 Å². The lowest BCUT2D eigenvalue weighted by Gasteiger charge is -2.19. The Labute approximate surface area is 143 Å². The summed E-state index contributed by atoms with van der Waals surface area (Å²) in [4.78, 5) is 16.0. The number of fused-ring (bicyclic) bond motifs is 1. The highest BCUT2D eigenvalue weighted by atomic mass is 32.1. The number of hydrogen-bond donors (Lipinski definition) is 1. The molecule has 0 radical (unpaired) electrons. The third kappa shape index (κ3) is 2.92. The van der Waals surface area contributed by atoms with Crippen molar-refractivity contribution in [2.24, 2.45) is 0 Å². The van der Waals surface area contributed by atoms with Gasteiger partial charge in [-0.25, -0.2) is 9.78 Å². The first-order chi connectivity index (χ1) is 11.7. The quantitative estimate of drug-likeness (QED) is 0.760. The highest BCUT2D eigenvalue weighted by Crippen LogP contribution is 2.33. The lowest BCUT2D eigenvalue weighted by molar-refractivity contribution is 0.0697. The van der Waals surface area contributed by atoms with Crippen molar-refractivity contribution in [3.63, 3.8) is 0 Å². The van der Waals surface area contributed by atoms with Gasteiger partial charge in [-0.15, -0.1) is 11.3 Å². The van der Waals surface area contributed by atoms with E-state index in [1.54, 1.807) is 23.5 Å².